The van der Waals surface area contributed by atoms with E-state index in [0.29, 0.717) is 16.8 Å². The quantitative estimate of drug-likeness (QED) is 0.882. The Morgan fingerprint density at radius 3 is 2.35 bits per heavy atom. The van der Waals surface area contributed by atoms with Crippen LogP contribution >= 0.6 is 0 Å². The Morgan fingerprint density at radius 2 is 1.90 bits per heavy atom. The molecule has 2 aromatic rings. The molecule has 1 aromatic heterocycles. The molecule has 0 fully saturated rings. The van der Waals surface area contributed by atoms with Crippen LogP contribution in [-0.4, -0.2) is 19.5 Å². The van der Waals surface area contributed by atoms with Crippen molar-refractivity contribution in [3.8, 4) is 0 Å². The number of anilines is 1. The van der Waals surface area contributed by atoms with Crippen molar-refractivity contribution >= 4 is 21.6 Å². The number of carbonyl (C=O) groups excluding carboxylic acids is 1. The number of hydrogen-bond acceptors (Lipinski definition) is 5. The first-order valence-corrected chi connectivity index (χ1v) is 7.19. The minimum absolute atomic E-state index is 0.00642. The number of benzene rings is 1. The fourth-order valence-corrected chi connectivity index (χ4v) is 2.47. The van der Waals surface area contributed by atoms with Crippen molar-refractivity contribution < 1.29 is 17.7 Å². The zero-order valence-electron chi connectivity index (χ0n) is 10.9. The molecule has 1 heterocycles. The minimum atomic E-state index is -3.78. The van der Waals surface area contributed by atoms with Crippen molar-refractivity contribution in [2.24, 2.45) is 5.14 Å². The summed E-state index contributed by atoms with van der Waals surface area (Å²) in [4.78, 5) is 11.9. The average molecular weight is 295 g/mol. The highest BCUT2D eigenvalue weighted by Crippen LogP contribution is 2.24. The van der Waals surface area contributed by atoms with Gasteiger partial charge in [0, 0.05) is 11.8 Å². The monoisotopic (exact) mass is 295 g/mol. The number of nitrogens with zero attached hydrogens (tertiary/aromatic N) is 1. The number of nitrogens with two attached hydrogens (primary N) is 1. The fraction of sp³-hybridized carbons (Fsp3) is 0.167. The third-order valence-corrected chi connectivity index (χ3v) is 3.64. The summed E-state index contributed by atoms with van der Waals surface area (Å²) in [6, 6.07) is 4.24. The van der Waals surface area contributed by atoms with Gasteiger partial charge in [-0.25, -0.2) is 13.6 Å². The number of hydrogen-bond donors (Lipinski definition) is 2. The lowest BCUT2D eigenvalue weighted by Gasteiger charge is -2.12. The summed E-state index contributed by atoms with van der Waals surface area (Å²) in [5, 5.41) is 11.3. The first kappa shape index (κ1) is 14.2. The zero-order chi connectivity index (χ0) is 14.9. The zero-order valence-corrected chi connectivity index (χ0v) is 11.7. The smallest absolute Gasteiger partial charge is 0.277 e. The number of primary sulfonamides is 1. The average Bonchev–Trinajstić information content (AvgIpc) is 2.85. The summed E-state index contributed by atoms with van der Waals surface area (Å²) < 4.78 is 27.2. The molecular formula is C12H13N3O4S. The summed E-state index contributed by atoms with van der Waals surface area (Å²) in [6.45, 7) is 3.36. The first-order valence-electron chi connectivity index (χ1n) is 5.65. The van der Waals surface area contributed by atoms with Crippen molar-refractivity contribution in [1.82, 2.24) is 5.16 Å². The molecule has 1 aromatic carbocycles. The van der Waals surface area contributed by atoms with Crippen molar-refractivity contribution in [3.63, 3.8) is 0 Å². The molecule has 0 aliphatic rings. The molecule has 8 heteroatoms. The number of sulfonamides is 1. The maximum atomic E-state index is 11.9. The van der Waals surface area contributed by atoms with Gasteiger partial charge in [0.25, 0.3) is 5.91 Å². The Kier molecular flexibility index (Phi) is 3.60. The largest absolute Gasteiger partial charge is 0.364 e. The third-order valence-electron chi connectivity index (χ3n) is 2.74. The standard InChI is InChI=1S/C12H13N3O4S/c1-7-5-9(20(13,17)18)6-8(2)11(7)14-12(16)10-3-4-19-15-10/h3-6H,1-2H3,(H,14,16)(H2,13,17,18). The molecule has 1 amide bonds. The lowest BCUT2D eigenvalue weighted by Crippen LogP contribution is -2.16. The van der Waals surface area contributed by atoms with E-state index in [-0.39, 0.29) is 10.6 Å². The van der Waals surface area contributed by atoms with Gasteiger partial charge in [-0.05, 0) is 37.1 Å². The van der Waals surface area contributed by atoms with Crippen molar-refractivity contribution in [3.05, 3.63) is 41.3 Å². The molecule has 106 valence electrons. The summed E-state index contributed by atoms with van der Waals surface area (Å²) in [7, 11) is -3.78. The number of nitrogens with one attached hydrogen (secondary N) is 1. The van der Waals surface area contributed by atoms with Gasteiger partial charge >= 0.3 is 0 Å². The van der Waals surface area contributed by atoms with E-state index in [2.05, 4.69) is 15.0 Å². The molecule has 20 heavy (non-hydrogen) atoms. The molecule has 0 aliphatic carbocycles. The number of amides is 1. The van der Waals surface area contributed by atoms with Gasteiger partial charge in [0.05, 0.1) is 4.90 Å². The lowest BCUT2D eigenvalue weighted by atomic mass is 10.1. The molecule has 7 nitrogen and oxygen atoms in total. The Labute approximate surface area is 115 Å². The van der Waals surface area contributed by atoms with Crippen molar-refractivity contribution in [1.29, 1.82) is 0 Å². The molecule has 0 unspecified atom stereocenters. The van der Waals surface area contributed by atoms with E-state index in [1.54, 1.807) is 13.8 Å². The van der Waals surface area contributed by atoms with Gasteiger partial charge in [0.15, 0.2) is 5.69 Å². The normalized spacial score (nSPS) is 11.3. The van der Waals surface area contributed by atoms with E-state index in [4.69, 9.17) is 5.14 Å². The number of aromatic nitrogens is 1. The SMILES string of the molecule is Cc1cc(S(N)(=O)=O)cc(C)c1NC(=O)c1ccon1. The van der Waals surface area contributed by atoms with E-state index >= 15 is 0 Å². The van der Waals surface area contributed by atoms with Crippen LogP contribution in [0, 0.1) is 13.8 Å². The van der Waals surface area contributed by atoms with E-state index in [1.807, 2.05) is 0 Å². The Morgan fingerprint density at radius 1 is 1.30 bits per heavy atom. The second-order valence-corrected chi connectivity index (χ2v) is 5.88. The number of carbonyl (C=O) groups is 1. The third kappa shape index (κ3) is 2.86. The van der Waals surface area contributed by atoms with E-state index in [1.165, 1.54) is 24.5 Å². The van der Waals surface area contributed by atoms with Gasteiger partial charge in [0.1, 0.15) is 6.26 Å². The molecule has 2 rings (SSSR count). The maximum Gasteiger partial charge on any atom is 0.277 e. The second-order valence-electron chi connectivity index (χ2n) is 4.32. The van der Waals surface area contributed by atoms with Crippen LogP contribution in [0.5, 0.6) is 0 Å². The number of rotatable bonds is 3. The highest BCUT2D eigenvalue weighted by molar-refractivity contribution is 7.89. The molecule has 0 radical (unpaired) electrons. The Balaban J connectivity index is 2.37. The van der Waals surface area contributed by atoms with Crippen LogP contribution in [0.1, 0.15) is 21.6 Å². The van der Waals surface area contributed by atoms with Crippen molar-refractivity contribution in [2.45, 2.75) is 18.7 Å². The van der Waals surface area contributed by atoms with E-state index < -0.39 is 15.9 Å². The predicted octanol–water partition coefficient (Wildman–Crippen LogP) is 1.19. The van der Waals surface area contributed by atoms with Crippen molar-refractivity contribution in [2.75, 3.05) is 5.32 Å². The Bertz CT molecular complexity index is 728. The van der Waals surface area contributed by atoms with E-state index in [9.17, 15) is 13.2 Å². The van der Waals surface area contributed by atoms with Crippen LogP contribution in [0.3, 0.4) is 0 Å². The lowest BCUT2D eigenvalue weighted by molar-refractivity contribution is 0.101. The van der Waals surface area contributed by atoms with Gasteiger partial charge in [-0.2, -0.15) is 0 Å². The highest BCUT2D eigenvalue weighted by atomic mass is 32.2. The topological polar surface area (TPSA) is 115 Å². The highest BCUT2D eigenvalue weighted by Gasteiger charge is 2.16. The van der Waals surface area contributed by atoms with Crippen LogP contribution in [-0.2, 0) is 10.0 Å². The molecule has 3 N–H and O–H groups in total. The van der Waals surface area contributed by atoms with Crippen LogP contribution in [0.15, 0.2) is 33.9 Å². The summed E-state index contributed by atoms with van der Waals surface area (Å²) in [6.07, 6.45) is 1.29. The molecule has 0 saturated carbocycles. The van der Waals surface area contributed by atoms with Crippen LogP contribution in [0.25, 0.3) is 0 Å². The fourth-order valence-electron chi connectivity index (χ4n) is 1.79. The van der Waals surface area contributed by atoms with Gasteiger partial charge in [-0.15, -0.1) is 0 Å². The predicted molar refractivity (Wildman–Crippen MR) is 71.7 cm³/mol. The first-order chi connectivity index (χ1) is 9.29. The van der Waals surface area contributed by atoms with Gasteiger partial charge in [0.2, 0.25) is 10.0 Å². The van der Waals surface area contributed by atoms with Crippen LogP contribution < -0.4 is 10.5 Å². The second kappa shape index (κ2) is 5.06. The molecular weight excluding hydrogens is 282 g/mol. The summed E-state index contributed by atoms with van der Waals surface area (Å²) in [5.74, 6) is -0.437. The molecule has 0 atom stereocenters. The minimum Gasteiger partial charge on any atom is -0.364 e. The number of aryl methyl sites for hydroxylation is 2. The molecule has 0 saturated heterocycles. The molecule has 0 spiro atoms. The van der Waals surface area contributed by atoms with Gasteiger partial charge in [-0.3, -0.25) is 4.79 Å². The molecule has 0 aliphatic heterocycles. The molecule has 0 bridgehead atoms. The summed E-state index contributed by atoms with van der Waals surface area (Å²) >= 11 is 0. The van der Waals surface area contributed by atoms with Gasteiger partial charge < -0.3 is 9.84 Å². The van der Waals surface area contributed by atoms with E-state index in [0.717, 1.165) is 0 Å². The van der Waals surface area contributed by atoms with Crippen LogP contribution in [0.2, 0.25) is 0 Å². The Hall–Kier alpha value is -2.19. The summed E-state index contributed by atoms with van der Waals surface area (Å²) in [5.41, 5.74) is 1.83. The van der Waals surface area contributed by atoms with Crippen LogP contribution in [0.4, 0.5) is 5.69 Å². The maximum absolute atomic E-state index is 11.9. The van der Waals surface area contributed by atoms with Gasteiger partial charge in [-0.1, -0.05) is 5.16 Å².